The van der Waals surface area contributed by atoms with Crippen molar-refractivity contribution in [1.29, 1.82) is 0 Å². The summed E-state index contributed by atoms with van der Waals surface area (Å²) in [5, 5.41) is 11.5. The van der Waals surface area contributed by atoms with E-state index in [0.717, 1.165) is 44.9 Å². The van der Waals surface area contributed by atoms with E-state index in [-0.39, 0.29) is 30.7 Å². The minimum absolute atomic E-state index is 0. The van der Waals surface area contributed by atoms with Gasteiger partial charge in [0, 0.05) is 18.9 Å². The second-order valence-corrected chi connectivity index (χ2v) is 5.74. The predicted octanol–water partition coefficient (Wildman–Crippen LogP) is 2.32. The number of carbonyl (C=O) groups is 2. The van der Waals surface area contributed by atoms with Gasteiger partial charge in [0.2, 0.25) is 5.91 Å². The molecule has 21 heavy (non-hydrogen) atoms. The lowest BCUT2D eigenvalue weighted by Crippen LogP contribution is -2.39. The highest BCUT2D eigenvalue weighted by Gasteiger charge is 2.29. The number of rotatable bonds is 9. The van der Waals surface area contributed by atoms with Gasteiger partial charge in [0.1, 0.15) is 0 Å². The van der Waals surface area contributed by atoms with Crippen LogP contribution in [0.3, 0.4) is 0 Å². The summed E-state index contributed by atoms with van der Waals surface area (Å²) in [4.78, 5) is 22.4. The molecular formula is C15H29ClN2O3. The van der Waals surface area contributed by atoms with Gasteiger partial charge < -0.3 is 16.2 Å². The summed E-state index contributed by atoms with van der Waals surface area (Å²) in [6, 6.07) is 0. The van der Waals surface area contributed by atoms with Crippen LogP contribution in [0.15, 0.2) is 0 Å². The van der Waals surface area contributed by atoms with Crippen molar-refractivity contribution in [2.45, 2.75) is 57.8 Å². The number of halogens is 1. The second-order valence-electron chi connectivity index (χ2n) is 5.74. The first kappa shape index (κ1) is 20.2. The Morgan fingerprint density at radius 1 is 1.10 bits per heavy atom. The summed E-state index contributed by atoms with van der Waals surface area (Å²) in [5.41, 5.74) is 5.74. The molecule has 5 nitrogen and oxygen atoms in total. The highest BCUT2D eigenvalue weighted by molar-refractivity contribution is 5.85. The van der Waals surface area contributed by atoms with E-state index in [1.54, 1.807) is 0 Å². The second kappa shape index (κ2) is 11.8. The highest BCUT2D eigenvalue weighted by Crippen LogP contribution is 2.29. The van der Waals surface area contributed by atoms with Crippen LogP contribution in [0.4, 0.5) is 0 Å². The van der Waals surface area contributed by atoms with Gasteiger partial charge in [0.15, 0.2) is 0 Å². The van der Waals surface area contributed by atoms with Crippen LogP contribution in [0, 0.1) is 11.8 Å². The standard InChI is InChI=1S/C15H28N2O3.ClH/c16-11-12-7-4-5-8-13(12)15(20)17-10-6-2-1-3-9-14(18)19;/h12-13H,1-11,16H2,(H,17,20)(H,18,19);1H. The zero-order valence-corrected chi connectivity index (χ0v) is 13.5. The maximum atomic E-state index is 12.1. The Balaban J connectivity index is 0.00000400. The molecule has 2 unspecified atom stereocenters. The normalized spacial score (nSPS) is 21.4. The topological polar surface area (TPSA) is 92.4 Å². The van der Waals surface area contributed by atoms with Gasteiger partial charge in [-0.15, -0.1) is 12.4 Å². The van der Waals surface area contributed by atoms with Gasteiger partial charge in [0.25, 0.3) is 0 Å². The Morgan fingerprint density at radius 2 is 1.76 bits per heavy atom. The molecule has 4 N–H and O–H groups in total. The van der Waals surface area contributed by atoms with Crippen molar-refractivity contribution < 1.29 is 14.7 Å². The van der Waals surface area contributed by atoms with Crippen LogP contribution < -0.4 is 11.1 Å². The number of hydrogen-bond donors (Lipinski definition) is 3. The van der Waals surface area contributed by atoms with Gasteiger partial charge in [-0.05, 0) is 38.1 Å². The van der Waals surface area contributed by atoms with E-state index >= 15 is 0 Å². The Labute approximate surface area is 133 Å². The van der Waals surface area contributed by atoms with E-state index in [1.165, 1.54) is 6.42 Å². The molecule has 2 atom stereocenters. The van der Waals surface area contributed by atoms with Crippen LogP contribution in [0.5, 0.6) is 0 Å². The third kappa shape index (κ3) is 8.27. The van der Waals surface area contributed by atoms with Crippen LogP contribution in [0.1, 0.15) is 57.8 Å². The minimum atomic E-state index is -0.733. The van der Waals surface area contributed by atoms with E-state index in [9.17, 15) is 9.59 Å². The van der Waals surface area contributed by atoms with Crippen LogP contribution in [0.2, 0.25) is 0 Å². The summed E-state index contributed by atoms with van der Waals surface area (Å²) in [7, 11) is 0. The van der Waals surface area contributed by atoms with Crippen molar-refractivity contribution in [3.8, 4) is 0 Å². The highest BCUT2D eigenvalue weighted by atomic mass is 35.5. The predicted molar refractivity (Wildman–Crippen MR) is 85.5 cm³/mol. The molecule has 1 fully saturated rings. The molecule has 0 radical (unpaired) electrons. The Bertz CT molecular complexity index is 313. The Hall–Kier alpha value is -0.810. The number of hydrogen-bond acceptors (Lipinski definition) is 3. The van der Waals surface area contributed by atoms with Crippen LogP contribution in [0.25, 0.3) is 0 Å². The number of nitrogens with one attached hydrogen (secondary N) is 1. The first-order chi connectivity index (χ1) is 9.65. The molecule has 1 rings (SSSR count). The lowest BCUT2D eigenvalue weighted by molar-refractivity contribution is -0.137. The smallest absolute Gasteiger partial charge is 0.303 e. The lowest BCUT2D eigenvalue weighted by Gasteiger charge is -2.29. The van der Waals surface area contributed by atoms with E-state index < -0.39 is 5.97 Å². The fourth-order valence-electron chi connectivity index (χ4n) is 2.93. The fourth-order valence-corrected chi connectivity index (χ4v) is 2.93. The third-order valence-electron chi connectivity index (χ3n) is 4.17. The Kier molecular flexibility index (Phi) is 11.4. The molecule has 0 spiro atoms. The van der Waals surface area contributed by atoms with Crippen molar-refractivity contribution in [3.63, 3.8) is 0 Å². The van der Waals surface area contributed by atoms with E-state index in [2.05, 4.69) is 5.32 Å². The van der Waals surface area contributed by atoms with E-state index in [1.807, 2.05) is 0 Å². The number of carbonyl (C=O) groups excluding carboxylic acids is 1. The van der Waals surface area contributed by atoms with E-state index in [4.69, 9.17) is 10.8 Å². The van der Waals surface area contributed by atoms with Gasteiger partial charge in [-0.3, -0.25) is 9.59 Å². The third-order valence-corrected chi connectivity index (χ3v) is 4.17. The number of amides is 1. The van der Waals surface area contributed by atoms with Crippen molar-refractivity contribution in [3.05, 3.63) is 0 Å². The monoisotopic (exact) mass is 320 g/mol. The van der Waals surface area contributed by atoms with Gasteiger partial charge >= 0.3 is 5.97 Å². The maximum absolute atomic E-state index is 12.1. The van der Waals surface area contributed by atoms with Crippen LogP contribution in [-0.4, -0.2) is 30.1 Å². The summed E-state index contributed by atoms with van der Waals surface area (Å²) < 4.78 is 0. The van der Waals surface area contributed by atoms with Crippen molar-refractivity contribution in [2.24, 2.45) is 17.6 Å². The molecule has 0 saturated heterocycles. The first-order valence-electron chi connectivity index (χ1n) is 7.84. The SMILES string of the molecule is Cl.NCC1CCCCC1C(=O)NCCCCCCC(=O)O. The van der Waals surface area contributed by atoms with Crippen LogP contribution >= 0.6 is 12.4 Å². The molecule has 6 heteroatoms. The number of aliphatic carboxylic acids is 1. The molecule has 1 saturated carbocycles. The summed E-state index contributed by atoms with van der Waals surface area (Å²) in [6.07, 6.45) is 8.13. The van der Waals surface area contributed by atoms with Gasteiger partial charge in [-0.2, -0.15) is 0 Å². The molecule has 0 aliphatic heterocycles. The molecule has 1 amide bonds. The maximum Gasteiger partial charge on any atom is 0.303 e. The average molecular weight is 321 g/mol. The summed E-state index contributed by atoms with van der Waals surface area (Å²) in [5.74, 6) is -0.130. The lowest BCUT2D eigenvalue weighted by atomic mass is 9.79. The molecule has 1 aliphatic carbocycles. The molecule has 1 aliphatic rings. The largest absolute Gasteiger partial charge is 0.481 e. The van der Waals surface area contributed by atoms with Gasteiger partial charge in [0.05, 0.1) is 0 Å². The fraction of sp³-hybridized carbons (Fsp3) is 0.867. The molecular weight excluding hydrogens is 292 g/mol. The Morgan fingerprint density at radius 3 is 2.43 bits per heavy atom. The van der Waals surface area contributed by atoms with Gasteiger partial charge in [-0.25, -0.2) is 0 Å². The summed E-state index contributed by atoms with van der Waals surface area (Å²) in [6.45, 7) is 1.30. The number of nitrogens with two attached hydrogens (primary N) is 1. The number of carboxylic acid groups (broad SMARTS) is 1. The zero-order chi connectivity index (χ0) is 14.8. The summed E-state index contributed by atoms with van der Waals surface area (Å²) >= 11 is 0. The zero-order valence-electron chi connectivity index (χ0n) is 12.7. The molecule has 0 aromatic rings. The average Bonchev–Trinajstić information content (AvgIpc) is 2.45. The molecule has 0 bridgehead atoms. The molecule has 0 heterocycles. The van der Waals surface area contributed by atoms with Crippen molar-refractivity contribution in [2.75, 3.05) is 13.1 Å². The molecule has 0 aromatic heterocycles. The number of unbranched alkanes of at least 4 members (excludes halogenated alkanes) is 3. The van der Waals surface area contributed by atoms with Gasteiger partial charge in [-0.1, -0.05) is 25.7 Å². The molecule has 0 aromatic carbocycles. The number of carboxylic acids is 1. The first-order valence-corrected chi connectivity index (χ1v) is 7.84. The minimum Gasteiger partial charge on any atom is -0.481 e. The van der Waals surface area contributed by atoms with Crippen molar-refractivity contribution in [1.82, 2.24) is 5.32 Å². The van der Waals surface area contributed by atoms with E-state index in [0.29, 0.717) is 19.0 Å². The molecule has 124 valence electrons. The quantitative estimate of drug-likeness (QED) is 0.568. The van der Waals surface area contributed by atoms with Crippen molar-refractivity contribution >= 4 is 24.3 Å². The van der Waals surface area contributed by atoms with Crippen LogP contribution in [-0.2, 0) is 9.59 Å².